The summed E-state index contributed by atoms with van der Waals surface area (Å²) in [5.41, 5.74) is 1.23. The van der Waals surface area contributed by atoms with E-state index in [0.29, 0.717) is 12.0 Å². The molecule has 2 atom stereocenters. The van der Waals surface area contributed by atoms with E-state index in [0.717, 1.165) is 19.0 Å². The Hall–Kier alpha value is -1.09. The fourth-order valence-corrected chi connectivity index (χ4v) is 2.00. The van der Waals surface area contributed by atoms with Crippen LogP contribution < -0.4 is 10.1 Å². The van der Waals surface area contributed by atoms with Crippen LogP contribution in [-0.4, -0.2) is 18.1 Å². The van der Waals surface area contributed by atoms with Crippen LogP contribution in [-0.2, 0) is 0 Å². The first-order chi connectivity index (χ1) is 8.67. The molecule has 0 aliphatic rings. The Bertz CT molecular complexity index is 341. The van der Waals surface area contributed by atoms with Gasteiger partial charge in [0.1, 0.15) is 0 Å². The highest BCUT2D eigenvalue weighted by Gasteiger charge is 2.07. The molecule has 2 unspecified atom stereocenters. The minimum Gasteiger partial charge on any atom is -0.477 e. The van der Waals surface area contributed by atoms with Crippen LogP contribution in [0, 0.1) is 5.92 Å². The Morgan fingerprint density at radius 2 is 2.11 bits per heavy atom. The second kappa shape index (κ2) is 8.09. The predicted molar refractivity (Wildman–Crippen MR) is 75.9 cm³/mol. The number of aromatic nitrogens is 1. The molecule has 3 heteroatoms. The molecule has 1 aromatic rings. The zero-order valence-corrected chi connectivity index (χ0v) is 12.1. The molecule has 0 aliphatic heterocycles. The Morgan fingerprint density at radius 1 is 1.33 bits per heavy atom. The summed E-state index contributed by atoms with van der Waals surface area (Å²) in [5, 5.41) is 3.39. The van der Waals surface area contributed by atoms with Gasteiger partial charge in [0, 0.05) is 18.3 Å². The van der Waals surface area contributed by atoms with Gasteiger partial charge < -0.3 is 10.1 Å². The van der Waals surface area contributed by atoms with Gasteiger partial charge in [0.25, 0.3) is 0 Å². The molecule has 0 amide bonds. The molecule has 1 aromatic heterocycles. The third kappa shape index (κ3) is 5.05. The maximum absolute atomic E-state index is 5.75. The van der Waals surface area contributed by atoms with Crippen molar-refractivity contribution in [2.24, 2.45) is 5.92 Å². The maximum atomic E-state index is 5.75. The van der Waals surface area contributed by atoms with E-state index in [9.17, 15) is 0 Å². The first kappa shape index (κ1) is 15.0. The summed E-state index contributed by atoms with van der Waals surface area (Å²) in [6.07, 6.45) is 4.23. The normalized spacial score (nSPS) is 14.2. The van der Waals surface area contributed by atoms with Gasteiger partial charge in [0.05, 0.1) is 6.61 Å². The fraction of sp³-hybridized carbons (Fsp3) is 0.667. The van der Waals surface area contributed by atoms with E-state index in [1.54, 1.807) is 0 Å². The van der Waals surface area contributed by atoms with E-state index in [2.05, 4.69) is 38.0 Å². The summed E-state index contributed by atoms with van der Waals surface area (Å²) in [7, 11) is 0. The van der Waals surface area contributed by atoms with Gasteiger partial charge in [0.15, 0.2) is 0 Å². The number of ether oxygens (including phenoxy) is 1. The van der Waals surface area contributed by atoms with E-state index in [1.807, 2.05) is 18.3 Å². The van der Waals surface area contributed by atoms with Gasteiger partial charge in [-0.2, -0.15) is 0 Å². The summed E-state index contributed by atoms with van der Waals surface area (Å²) >= 11 is 0. The average Bonchev–Trinajstić information content (AvgIpc) is 2.37. The van der Waals surface area contributed by atoms with Gasteiger partial charge in [-0.15, -0.1) is 0 Å². The van der Waals surface area contributed by atoms with Gasteiger partial charge >= 0.3 is 0 Å². The molecular formula is C15H26N2O. The van der Waals surface area contributed by atoms with Gasteiger partial charge in [-0.25, -0.2) is 4.98 Å². The molecule has 18 heavy (non-hydrogen) atoms. The minimum atomic E-state index is 0.341. The average molecular weight is 250 g/mol. The van der Waals surface area contributed by atoms with E-state index in [4.69, 9.17) is 4.74 Å². The summed E-state index contributed by atoms with van der Waals surface area (Å²) in [6.45, 7) is 10.4. The predicted octanol–water partition coefficient (Wildman–Crippen LogP) is 3.57. The lowest BCUT2D eigenvalue weighted by molar-refractivity contribution is 0.242. The van der Waals surface area contributed by atoms with Crippen LogP contribution in [0.15, 0.2) is 18.3 Å². The summed E-state index contributed by atoms with van der Waals surface area (Å²) in [5.74, 6) is 1.33. The van der Waals surface area contributed by atoms with Crippen LogP contribution in [0.3, 0.4) is 0 Å². The second-order valence-electron chi connectivity index (χ2n) is 4.91. The zero-order chi connectivity index (χ0) is 13.4. The van der Waals surface area contributed by atoms with E-state index in [1.165, 1.54) is 18.4 Å². The van der Waals surface area contributed by atoms with Crippen LogP contribution >= 0.6 is 0 Å². The lowest BCUT2D eigenvalue weighted by Crippen LogP contribution is -2.18. The maximum Gasteiger partial charge on any atom is 0.213 e. The quantitative estimate of drug-likeness (QED) is 0.766. The number of pyridine rings is 1. The number of hydrogen-bond donors (Lipinski definition) is 1. The zero-order valence-electron chi connectivity index (χ0n) is 12.1. The standard InChI is InChI=1S/C15H26N2O/c1-5-7-12(3)11-18-15-10-14(8-9-17-15)13(4)16-6-2/h8-10,12-13,16H,5-7,11H2,1-4H3. The molecule has 1 N–H and O–H groups in total. The van der Waals surface area contributed by atoms with Crippen LogP contribution in [0.25, 0.3) is 0 Å². The molecule has 0 radical (unpaired) electrons. The van der Waals surface area contributed by atoms with Gasteiger partial charge in [-0.3, -0.25) is 0 Å². The van der Waals surface area contributed by atoms with Crippen molar-refractivity contribution in [1.29, 1.82) is 0 Å². The fourth-order valence-electron chi connectivity index (χ4n) is 2.00. The van der Waals surface area contributed by atoms with Crippen molar-refractivity contribution < 1.29 is 4.74 Å². The first-order valence-corrected chi connectivity index (χ1v) is 6.99. The van der Waals surface area contributed by atoms with Crippen molar-refractivity contribution in [3.05, 3.63) is 23.9 Å². The highest BCUT2D eigenvalue weighted by Crippen LogP contribution is 2.17. The molecule has 1 rings (SSSR count). The molecule has 0 bridgehead atoms. The van der Waals surface area contributed by atoms with Crippen molar-refractivity contribution in [3.8, 4) is 5.88 Å². The van der Waals surface area contributed by atoms with E-state index < -0.39 is 0 Å². The minimum absolute atomic E-state index is 0.341. The SMILES string of the molecule is CCCC(C)COc1cc(C(C)NCC)ccn1. The molecule has 0 spiro atoms. The smallest absolute Gasteiger partial charge is 0.213 e. The lowest BCUT2D eigenvalue weighted by atomic mass is 10.1. The van der Waals surface area contributed by atoms with Gasteiger partial charge in [-0.05, 0) is 37.4 Å². The van der Waals surface area contributed by atoms with E-state index in [-0.39, 0.29) is 0 Å². The third-order valence-corrected chi connectivity index (χ3v) is 3.07. The molecule has 3 nitrogen and oxygen atoms in total. The third-order valence-electron chi connectivity index (χ3n) is 3.07. The van der Waals surface area contributed by atoms with Gasteiger partial charge in [-0.1, -0.05) is 27.2 Å². The van der Waals surface area contributed by atoms with Crippen LogP contribution in [0.5, 0.6) is 5.88 Å². The molecule has 0 aromatic carbocycles. The number of nitrogens with zero attached hydrogens (tertiary/aromatic N) is 1. The largest absolute Gasteiger partial charge is 0.477 e. The van der Waals surface area contributed by atoms with Crippen molar-refractivity contribution in [2.45, 2.75) is 46.6 Å². The summed E-state index contributed by atoms with van der Waals surface area (Å²) in [4.78, 5) is 4.26. The summed E-state index contributed by atoms with van der Waals surface area (Å²) < 4.78 is 5.75. The monoisotopic (exact) mass is 250 g/mol. The number of hydrogen-bond acceptors (Lipinski definition) is 3. The van der Waals surface area contributed by atoms with Crippen LogP contribution in [0.2, 0.25) is 0 Å². The first-order valence-electron chi connectivity index (χ1n) is 6.99. The number of rotatable bonds is 8. The molecule has 0 saturated carbocycles. The Kier molecular flexibility index (Phi) is 6.73. The van der Waals surface area contributed by atoms with Crippen LogP contribution in [0.4, 0.5) is 0 Å². The molecule has 0 aliphatic carbocycles. The molecule has 0 fully saturated rings. The molecule has 102 valence electrons. The van der Waals surface area contributed by atoms with Gasteiger partial charge in [0.2, 0.25) is 5.88 Å². The van der Waals surface area contributed by atoms with E-state index >= 15 is 0 Å². The highest BCUT2D eigenvalue weighted by molar-refractivity contribution is 5.23. The van der Waals surface area contributed by atoms with Crippen molar-refractivity contribution in [1.82, 2.24) is 10.3 Å². The summed E-state index contributed by atoms with van der Waals surface area (Å²) in [6, 6.07) is 4.41. The van der Waals surface area contributed by atoms with Crippen molar-refractivity contribution in [2.75, 3.05) is 13.2 Å². The van der Waals surface area contributed by atoms with Crippen LogP contribution in [0.1, 0.15) is 52.1 Å². The Balaban J connectivity index is 2.54. The topological polar surface area (TPSA) is 34.1 Å². The lowest BCUT2D eigenvalue weighted by Gasteiger charge is -2.15. The Labute approximate surface area is 111 Å². The van der Waals surface area contributed by atoms with Crippen molar-refractivity contribution >= 4 is 0 Å². The molecular weight excluding hydrogens is 224 g/mol. The van der Waals surface area contributed by atoms with Crippen molar-refractivity contribution in [3.63, 3.8) is 0 Å². The Morgan fingerprint density at radius 3 is 2.78 bits per heavy atom. The second-order valence-corrected chi connectivity index (χ2v) is 4.91. The molecule has 1 heterocycles. The highest BCUT2D eigenvalue weighted by atomic mass is 16.5. The molecule has 0 saturated heterocycles. The number of nitrogens with one attached hydrogen (secondary N) is 1.